The Kier molecular flexibility index (Phi) is 4.40. The zero-order valence-electron chi connectivity index (χ0n) is 11.5. The molecule has 7 heteroatoms. The van der Waals surface area contributed by atoms with E-state index in [4.69, 9.17) is 0 Å². The number of benzene rings is 1. The van der Waals surface area contributed by atoms with Gasteiger partial charge in [0.1, 0.15) is 0 Å². The van der Waals surface area contributed by atoms with Gasteiger partial charge in [0.2, 0.25) is 0 Å². The molecule has 0 spiro atoms. The van der Waals surface area contributed by atoms with Gasteiger partial charge in [-0.2, -0.15) is 26.8 Å². The van der Waals surface area contributed by atoms with Crippen molar-refractivity contribution in [2.45, 2.75) is 18.9 Å². The van der Waals surface area contributed by atoms with Crippen molar-refractivity contribution in [3.63, 3.8) is 0 Å². The van der Waals surface area contributed by atoms with E-state index in [1.54, 1.807) is 12.4 Å². The minimum absolute atomic E-state index is 0.142. The maximum Gasteiger partial charge on any atom is 0.319 e. The summed E-state index contributed by atoms with van der Waals surface area (Å²) in [5.74, 6) is 2.24. The van der Waals surface area contributed by atoms with Gasteiger partial charge in [-0.15, -0.1) is 0 Å². The fourth-order valence-electron chi connectivity index (χ4n) is 2.22. The van der Waals surface area contributed by atoms with Crippen LogP contribution in [0.15, 0.2) is 36.7 Å². The first-order valence-corrected chi connectivity index (χ1v) is 8.09. The lowest BCUT2D eigenvalue weighted by molar-refractivity contribution is 0.247. The normalized spacial score (nSPS) is 15.6. The number of amides is 2. The average Bonchev–Trinajstić information content (AvgIpc) is 3.03. The highest BCUT2D eigenvalue weighted by Gasteiger charge is 2.15. The zero-order chi connectivity index (χ0) is 14.5. The summed E-state index contributed by atoms with van der Waals surface area (Å²) in [5.41, 5.74) is 1.61. The van der Waals surface area contributed by atoms with Gasteiger partial charge in [0.25, 0.3) is 0 Å². The highest BCUT2D eigenvalue weighted by molar-refractivity contribution is 7.99. The minimum atomic E-state index is -0.142. The SMILES string of the molecule is O=C(Nc1ccc(-n2nccn2)cc1)NC1CCSCC1. The number of nitrogens with one attached hydrogen (secondary N) is 2. The number of hydrogen-bond donors (Lipinski definition) is 2. The molecule has 1 aromatic carbocycles. The van der Waals surface area contributed by atoms with E-state index < -0.39 is 0 Å². The summed E-state index contributed by atoms with van der Waals surface area (Å²) in [6.45, 7) is 0. The van der Waals surface area contributed by atoms with E-state index in [-0.39, 0.29) is 6.03 Å². The quantitative estimate of drug-likeness (QED) is 0.912. The van der Waals surface area contributed by atoms with Gasteiger partial charge in [0.05, 0.1) is 18.1 Å². The second-order valence-electron chi connectivity index (χ2n) is 4.85. The highest BCUT2D eigenvalue weighted by Crippen LogP contribution is 2.17. The van der Waals surface area contributed by atoms with Crippen LogP contribution in [0.5, 0.6) is 0 Å². The third-order valence-corrected chi connectivity index (χ3v) is 4.38. The van der Waals surface area contributed by atoms with Gasteiger partial charge in [0, 0.05) is 11.7 Å². The molecule has 21 heavy (non-hydrogen) atoms. The first-order chi connectivity index (χ1) is 10.3. The highest BCUT2D eigenvalue weighted by atomic mass is 32.2. The second kappa shape index (κ2) is 6.62. The van der Waals surface area contributed by atoms with Crippen LogP contribution in [-0.2, 0) is 0 Å². The maximum absolute atomic E-state index is 11.9. The smallest absolute Gasteiger partial charge is 0.319 e. The Morgan fingerprint density at radius 2 is 1.81 bits per heavy atom. The van der Waals surface area contributed by atoms with E-state index in [0.717, 1.165) is 35.7 Å². The second-order valence-corrected chi connectivity index (χ2v) is 6.08. The van der Waals surface area contributed by atoms with E-state index in [1.165, 1.54) is 4.80 Å². The van der Waals surface area contributed by atoms with Crippen molar-refractivity contribution in [1.82, 2.24) is 20.3 Å². The number of nitrogens with zero attached hydrogens (tertiary/aromatic N) is 3. The van der Waals surface area contributed by atoms with Crippen LogP contribution in [0.3, 0.4) is 0 Å². The van der Waals surface area contributed by atoms with Gasteiger partial charge >= 0.3 is 6.03 Å². The van der Waals surface area contributed by atoms with E-state index in [2.05, 4.69) is 20.8 Å². The maximum atomic E-state index is 11.9. The van der Waals surface area contributed by atoms with Crippen molar-refractivity contribution in [3.8, 4) is 5.69 Å². The van der Waals surface area contributed by atoms with Crippen molar-refractivity contribution < 1.29 is 4.79 Å². The van der Waals surface area contributed by atoms with Gasteiger partial charge in [-0.3, -0.25) is 0 Å². The Bertz CT molecular complexity index is 578. The van der Waals surface area contributed by atoms with Gasteiger partial charge in [-0.25, -0.2) is 4.79 Å². The third-order valence-electron chi connectivity index (χ3n) is 3.33. The van der Waals surface area contributed by atoms with Crippen molar-refractivity contribution in [3.05, 3.63) is 36.7 Å². The zero-order valence-corrected chi connectivity index (χ0v) is 12.3. The molecular formula is C14H17N5OS. The molecule has 2 heterocycles. The molecular weight excluding hydrogens is 286 g/mol. The minimum Gasteiger partial charge on any atom is -0.335 e. The predicted octanol–water partition coefficient (Wildman–Crippen LogP) is 2.28. The summed E-state index contributed by atoms with van der Waals surface area (Å²) in [5, 5.41) is 14.0. The topological polar surface area (TPSA) is 71.8 Å². The van der Waals surface area contributed by atoms with E-state index >= 15 is 0 Å². The third kappa shape index (κ3) is 3.75. The fourth-order valence-corrected chi connectivity index (χ4v) is 3.33. The number of thioether (sulfide) groups is 1. The monoisotopic (exact) mass is 303 g/mol. The standard InChI is InChI=1S/C14H17N5OS/c20-14(18-12-5-9-21-10-6-12)17-11-1-3-13(4-2-11)19-15-7-8-16-19/h1-4,7-8,12H,5-6,9-10H2,(H2,17,18,20). The number of rotatable bonds is 3. The van der Waals surface area contributed by atoms with Gasteiger partial charge in [-0.1, -0.05) is 0 Å². The lowest BCUT2D eigenvalue weighted by Gasteiger charge is -2.22. The molecule has 2 aromatic rings. The molecule has 110 valence electrons. The average molecular weight is 303 g/mol. The Hall–Kier alpha value is -2.02. The Morgan fingerprint density at radius 1 is 1.14 bits per heavy atom. The number of carbonyl (C=O) groups is 1. The van der Waals surface area contributed by atoms with Crippen LogP contribution in [0, 0.1) is 0 Å². The van der Waals surface area contributed by atoms with Gasteiger partial charge < -0.3 is 10.6 Å². The number of aromatic nitrogens is 3. The Morgan fingerprint density at radius 3 is 2.48 bits per heavy atom. The molecule has 2 amide bonds. The van der Waals surface area contributed by atoms with Crippen LogP contribution in [0.2, 0.25) is 0 Å². The van der Waals surface area contributed by atoms with Crippen molar-refractivity contribution in [2.75, 3.05) is 16.8 Å². The van der Waals surface area contributed by atoms with Crippen LogP contribution in [0.1, 0.15) is 12.8 Å². The number of urea groups is 1. The molecule has 1 aliphatic rings. The Balaban J connectivity index is 1.56. The van der Waals surface area contributed by atoms with Crippen LogP contribution < -0.4 is 10.6 Å². The molecule has 1 aliphatic heterocycles. The summed E-state index contributed by atoms with van der Waals surface area (Å²) in [4.78, 5) is 13.5. The van der Waals surface area contributed by atoms with Crippen molar-refractivity contribution in [2.24, 2.45) is 0 Å². The number of anilines is 1. The van der Waals surface area contributed by atoms with Crippen LogP contribution in [-0.4, -0.2) is 38.6 Å². The summed E-state index contributed by atoms with van der Waals surface area (Å²) in [6.07, 6.45) is 5.34. The lowest BCUT2D eigenvalue weighted by atomic mass is 10.2. The lowest BCUT2D eigenvalue weighted by Crippen LogP contribution is -2.39. The predicted molar refractivity (Wildman–Crippen MR) is 83.9 cm³/mol. The van der Waals surface area contributed by atoms with Gasteiger partial charge in [0.15, 0.2) is 0 Å². The van der Waals surface area contributed by atoms with E-state index in [9.17, 15) is 4.79 Å². The molecule has 0 aliphatic carbocycles. The van der Waals surface area contributed by atoms with Crippen LogP contribution in [0.4, 0.5) is 10.5 Å². The summed E-state index contributed by atoms with van der Waals surface area (Å²) < 4.78 is 0. The number of carbonyl (C=O) groups excluding carboxylic acids is 1. The molecule has 1 saturated heterocycles. The largest absolute Gasteiger partial charge is 0.335 e. The summed E-state index contributed by atoms with van der Waals surface area (Å²) >= 11 is 1.94. The van der Waals surface area contributed by atoms with Gasteiger partial charge in [-0.05, 0) is 48.6 Å². The molecule has 6 nitrogen and oxygen atoms in total. The number of hydrogen-bond acceptors (Lipinski definition) is 4. The molecule has 1 fully saturated rings. The fraction of sp³-hybridized carbons (Fsp3) is 0.357. The molecule has 2 N–H and O–H groups in total. The van der Waals surface area contributed by atoms with Crippen molar-refractivity contribution in [1.29, 1.82) is 0 Å². The molecule has 1 aromatic heterocycles. The molecule has 0 unspecified atom stereocenters. The van der Waals surface area contributed by atoms with Crippen LogP contribution >= 0.6 is 11.8 Å². The first kappa shape index (κ1) is 13.9. The van der Waals surface area contributed by atoms with Crippen molar-refractivity contribution >= 4 is 23.5 Å². The van der Waals surface area contributed by atoms with Crippen LogP contribution in [0.25, 0.3) is 5.69 Å². The molecule has 0 saturated carbocycles. The Labute approximate surface area is 127 Å². The van der Waals surface area contributed by atoms with E-state index in [1.807, 2.05) is 36.0 Å². The molecule has 3 rings (SSSR count). The van der Waals surface area contributed by atoms with E-state index in [0.29, 0.717) is 6.04 Å². The summed E-state index contributed by atoms with van der Waals surface area (Å²) in [7, 11) is 0. The molecule has 0 atom stereocenters. The first-order valence-electron chi connectivity index (χ1n) is 6.93. The summed E-state index contributed by atoms with van der Waals surface area (Å²) in [6, 6.07) is 7.57. The molecule has 0 bridgehead atoms. The molecule has 0 radical (unpaired) electrons.